The Morgan fingerprint density at radius 1 is 1.43 bits per heavy atom. The van der Waals surface area contributed by atoms with Crippen LogP contribution in [0.25, 0.3) is 0 Å². The fourth-order valence-corrected chi connectivity index (χ4v) is 5.25. The third-order valence-corrected chi connectivity index (χ3v) is 7.38. The van der Waals surface area contributed by atoms with Crippen LogP contribution in [-0.2, 0) is 19.1 Å². The summed E-state index contributed by atoms with van der Waals surface area (Å²) in [6, 6.07) is 2.94. The Morgan fingerprint density at radius 2 is 2.24 bits per heavy atom. The number of nitrogens with one attached hydrogen (secondary N) is 1. The van der Waals surface area contributed by atoms with Gasteiger partial charge < -0.3 is 19.9 Å². The van der Waals surface area contributed by atoms with Crippen LogP contribution >= 0.6 is 22.9 Å². The number of hydrogen-bond acceptors (Lipinski definition) is 9. The summed E-state index contributed by atoms with van der Waals surface area (Å²) in [5, 5.41) is 15.3. The molecule has 2 N–H and O–H groups in total. The van der Waals surface area contributed by atoms with Gasteiger partial charge in [0.25, 0.3) is 0 Å². The van der Waals surface area contributed by atoms with Gasteiger partial charge in [-0.15, -0.1) is 11.3 Å². The van der Waals surface area contributed by atoms with E-state index in [0.717, 1.165) is 0 Å². The highest BCUT2D eigenvalue weighted by Gasteiger charge is 2.36. The number of rotatable bonds is 9. The van der Waals surface area contributed by atoms with E-state index in [-0.39, 0.29) is 29.8 Å². The van der Waals surface area contributed by atoms with Crippen LogP contribution in [0.5, 0.6) is 0 Å². The molecule has 2 aliphatic rings. The predicted octanol–water partition coefficient (Wildman–Crippen LogP) is 3.66. The standard InChI is InChI=1S/C25H28ClFN4O5S/c1-3-36-25(34)20-19(12-31-7-8-35-13-16(31)10-14(2)24(32)33)29-22(23-28-6-9-37-23)30-21(20)17-5-4-15(27)11-18(17)26/h4-6,9,11,14,16,21H,3,7-8,10,12-13H2,1-2H3,(H,29,30)(H,32,33)/t14?,16?,21-/m0/s1. The second kappa shape index (κ2) is 12.1. The smallest absolute Gasteiger partial charge is 0.338 e. The number of aromatic nitrogens is 1. The molecule has 9 nitrogen and oxygen atoms in total. The van der Waals surface area contributed by atoms with E-state index in [1.807, 2.05) is 5.38 Å². The number of nitrogens with zero attached hydrogens (tertiary/aromatic N) is 3. The first-order valence-corrected chi connectivity index (χ1v) is 13.2. The molecule has 1 fully saturated rings. The van der Waals surface area contributed by atoms with Gasteiger partial charge in [0.1, 0.15) is 11.9 Å². The Bertz CT molecular complexity index is 1210. The zero-order valence-corrected chi connectivity index (χ0v) is 22.0. The number of carbonyl (C=O) groups is 2. The molecule has 0 aliphatic carbocycles. The van der Waals surface area contributed by atoms with E-state index in [1.165, 1.54) is 29.5 Å². The lowest BCUT2D eigenvalue weighted by molar-refractivity contribution is -0.142. The maximum atomic E-state index is 13.9. The van der Waals surface area contributed by atoms with Gasteiger partial charge in [0, 0.05) is 47.0 Å². The highest BCUT2D eigenvalue weighted by molar-refractivity contribution is 7.11. The second-order valence-electron chi connectivity index (χ2n) is 8.80. The molecular weight excluding hydrogens is 523 g/mol. The quantitative estimate of drug-likeness (QED) is 0.455. The summed E-state index contributed by atoms with van der Waals surface area (Å²) in [5.41, 5.74) is 1.25. The van der Waals surface area contributed by atoms with E-state index in [4.69, 9.17) is 26.1 Å². The molecule has 3 heterocycles. The number of amidine groups is 1. The van der Waals surface area contributed by atoms with Crippen LogP contribution in [0.2, 0.25) is 5.02 Å². The van der Waals surface area contributed by atoms with Gasteiger partial charge in [-0.3, -0.25) is 14.7 Å². The minimum Gasteiger partial charge on any atom is -0.481 e. The van der Waals surface area contributed by atoms with E-state index in [0.29, 0.717) is 48.3 Å². The SMILES string of the molecule is CCOC(=O)C1=C(CN2CCOCC2CC(C)C(=O)O)NC(c2nccs2)=N[C@H]1c1ccc(F)cc1Cl. The molecule has 2 aromatic rings. The molecule has 1 aromatic heterocycles. The number of morpholine rings is 1. The van der Waals surface area contributed by atoms with Gasteiger partial charge in [-0.05, 0) is 25.5 Å². The van der Waals surface area contributed by atoms with Gasteiger partial charge in [0.05, 0.1) is 31.3 Å². The topological polar surface area (TPSA) is 113 Å². The number of benzene rings is 1. The van der Waals surface area contributed by atoms with Gasteiger partial charge in [0.2, 0.25) is 0 Å². The number of carboxylic acids is 1. The number of carboxylic acid groups (broad SMARTS) is 1. The summed E-state index contributed by atoms with van der Waals surface area (Å²) in [4.78, 5) is 36.1. The summed E-state index contributed by atoms with van der Waals surface area (Å²) in [5.74, 6) is -2.06. The third-order valence-electron chi connectivity index (χ3n) is 6.27. The van der Waals surface area contributed by atoms with Crippen LogP contribution in [-0.4, -0.2) is 71.7 Å². The number of carbonyl (C=O) groups excluding carboxylic acids is 1. The lowest BCUT2D eigenvalue weighted by atomic mass is 9.94. The molecule has 3 atom stereocenters. The summed E-state index contributed by atoms with van der Waals surface area (Å²) in [6.07, 6.45) is 2.04. The highest BCUT2D eigenvalue weighted by Crippen LogP contribution is 2.37. The number of thiazole rings is 1. The molecule has 0 saturated carbocycles. The van der Waals surface area contributed by atoms with E-state index >= 15 is 0 Å². The molecule has 37 heavy (non-hydrogen) atoms. The van der Waals surface area contributed by atoms with Crippen LogP contribution in [0.3, 0.4) is 0 Å². The van der Waals surface area contributed by atoms with Crippen LogP contribution in [0.4, 0.5) is 4.39 Å². The van der Waals surface area contributed by atoms with Crippen molar-refractivity contribution in [2.45, 2.75) is 32.4 Å². The third kappa shape index (κ3) is 6.35. The molecule has 0 bridgehead atoms. The molecular formula is C25H28ClFN4O5S. The van der Waals surface area contributed by atoms with Crippen molar-refractivity contribution in [3.63, 3.8) is 0 Å². The van der Waals surface area contributed by atoms with E-state index in [1.54, 1.807) is 20.0 Å². The number of halogens is 2. The first kappa shape index (κ1) is 27.2. The van der Waals surface area contributed by atoms with Gasteiger partial charge in [-0.25, -0.2) is 14.2 Å². The van der Waals surface area contributed by atoms with Crippen molar-refractivity contribution >= 4 is 40.7 Å². The monoisotopic (exact) mass is 550 g/mol. The predicted molar refractivity (Wildman–Crippen MR) is 137 cm³/mol. The number of aliphatic imine (C=N–C) groups is 1. The molecule has 1 saturated heterocycles. The first-order chi connectivity index (χ1) is 17.8. The van der Waals surface area contributed by atoms with Gasteiger partial charge in [0.15, 0.2) is 10.8 Å². The first-order valence-electron chi connectivity index (χ1n) is 11.9. The van der Waals surface area contributed by atoms with Crippen molar-refractivity contribution in [1.82, 2.24) is 15.2 Å². The molecule has 0 spiro atoms. The molecule has 0 amide bonds. The zero-order chi connectivity index (χ0) is 26.5. The average molecular weight is 551 g/mol. The maximum absolute atomic E-state index is 13.9. The lowest BCUT2D eigenvalue weighted by Crippen LogP contribution is -2.49. The molecule has 12 heteroatoms. The average Bonchev–Trinajstić information content (AvgIpc) is 3.40. The van der Waals surface area contributed by atoms with Crippen molar-refractivity contribution in [3.05, 3.63) is 62.5 Å². The van der Waals surface area contributed by atoms with E-state index in [2.05, 4.69) is 15.2 Å². The van der Waals surface area contributed by atoms with Crippen LogP contribution < -0.4 is 5.32 Å². The van der Waals surface area contributed by atoms with Crippen molar-refractivity contribution in [1.29, 1.82) is 0 Å². The molecule has 2 aliphatic heterocycles. The number of hydrogen-bond donors (Lipinski definition) is 2. The van der Waals surface area contributed by atoms with Crippen molar-refractivity contribution in [2.24, 2.45) is 10.9 Å². The summed E-state index contributed by atoms with van der Waals surface area (Å²) in [7, 11) is 0. The van der Waals surface area contributed by atoms with Gasteiger partial charge in [-0.1, -0.05) is 24.6 Å². The maximum Gasteiger partial charge on any atom is 0.338 e. The fraction of sp³-hybridized carbons (Fsp3) is 0.440. The van der Waals surface area contributed by atoms with E-state index in [9.17, 15) is 19.1 Å². The Balaban J connectivity index is 1.78. The second-order valence-corrected chi connectivity index (χ2v) is 10.1. The molecule has 0 radical (unpaired) electrons. The Kier molecular flexibility index (Phi) is 8.91. The normalized spacial score (nSPS) is 21.2. The Labute approximate surface area is 223 Å². The lowest BCUT2D eigenvalue weighted by Gasteiger charge is -2.38. The van der Waals surface area contributed by atoms with Gasteiger partial charge >= 0.3 is 11.9 Å². The van der Waals surface area contributed by atoms with Gasteiger partial charge in [-0.2, -0.15) is 0 Å². The number of ether oxygens (including phenoxy) is 2. The number of esters is 1. The molecule has 2 unspecified atom stereocenters. The molecule has 198 valence electrons. The van der Waals surface area contributed by atoms with Crippen LogP contribution in [0, 0.1) is 11.7 Å². The minimum atomic E-state index is -0.878. The fourth-order valence-electron chi connectivity index (χ4n) is 4.39. The largest absolute Gasteiger partial charge is 0.481 e. The number of aliphatic carboxylic acids is 1. The van der Waals surface area contributed by atoms with Crippen LogP contribution in [0.15, 0.2) is 46.0 Å². The van der Waals surface area contributed by atoms with Crippen molar-refractivity contribution in [3.8, 4) is 0 Å². The van der Waals surface area contributed by atoms with Crippen molar-refractivity contribution in [2.75, 3.05) is 32.9 Å². The van der Waals surface area contributed by atoms with Crippen LogP contribution in [0.1, 0.15) is 36.9 Å². The summed E-state index contributed by atoms with van der Waals surface area (Å²) < 4.78 is 24.9. The Hall–Kier alpha value is -2.86. The zero-order valence-electron chi connectivity index (χ0n) is 20.4. The van der Waals surface area contributed by atoms with E-state index < -0.39 is 29.7 Å². The van der Waals surface area contributed by atoms with Crippen molar-refractivity contribution < 1.29 is 28.6 Å². The Morgan fingerprint density at radius 3 is 2.92 bits per heavy atom. The summed E-state index contributed by atoms with van der Waals surface area (Å²) in [6.45, 7) is 5.21. The summed E-state index contributed by atoms with van der Waals surface area (Å²) >= 11 is 7.81. The highest BCUT2D eigenvalue weighted by atomic mass is 35.5. The molecule has 1 aromatic carbocycles. The molecule has 4 rings (SSSR count). The minimum absolute atomic E-state index is 0.134.